The van der Waals surface area contributed by atoms with Crippen LogP contribution in [0.4, 0.5) is 14.9 Å². The quantitative estimate of drug-likeness (QED) is 0.793. The number of carbonyl (C=O) groups excluding carboxylic acids is 1. The Morgan fingerprint density at radius 3 is 2.62 bits per heavy atom. The molecule has 1 aliphatic rings. The fourth-order valence-electron chi connectivity index (χ4n) is 2.32. The smallest absolute Gasteiger partial charge is 0.337 e. The number of rotatable bonds is 3. The summed E-state index contributed by atoms with van der Waals surface area (Å²) < 4.78 is 13.7. The van der Waals surface area contributed by atoms with Crippen LogP contribution in [0, 0.1) is 5.82 Å². The Morgan fingerprint density at radius 2 is 2.00 bits per heavy atom. The average molecular weight is 295 g/mol. The zero-order valence-electron chi connectivity index (χ0n) is 11.7. The van der Waals surface area contributed by atoms with Crippen LogP contribution in [0.1, 0.15) is 23.2 Å². The molecule has 1 aromatic carbocycles. The van der Waals surface area contributed by atoms with Crippen molar-refractivity contribution in [3.05, 3.63) is 29.6 Å². The van der Waals surface area contributed by atoms with E-state index in [-0.39, 0.29) is 17.3 Å². The molecule has 1 saturated heterocycles. The third-order valence-electron chi connectivity index (χ3n) is 3.54. The van der Waals surface area contributed by atoms with Gasteiger partial charge in [-0.15, -0.1) is 0 Å². The van der Waals surface area contributed by atoms with Crippen LogP contribution in [0.5, 0.6) is 0 Å². The topological polar surface area (TPSA) is 81.7 Å². The van der Waals surface area contributed by atoms with E-state index in [1.54, 1.807) is 0 Å². The zero-order chi connectivity index (χ0) is 15.4. The van der Waals surface area contributed by atoms with E-state index in [0.29, 0.717) is 0 Å². The van der Waals surface area contributed by atoms with Crippen LogP contribution in [-0.4, -0.2) is 48.2 Å². The van der Waals surface area contributed by atoms with Crippen molar-refractivity contribution in [2.75, 3.05) is 25.5 Å². The van der Waals surface area contributed by atoms with Crippen molar-refractivity contribution < 1.29 is 19.1 Å². The number of amides is 2. The highest BCUT2D eigenvalue weighted by molar-refractivity contribution is 6.00. The van der Waals surface area contributed by atoms with Crippen LogP contribution in [0.15, 0.2) is 18.2 Å². The Bertz CT molecular complexity index is 542. The lowest BCUT2D eigenvalue weighted by Gasteiger charge is -2.29. The number of nitrogens with one attached hydrogen (secondary N) is 2. The third kappa shape index (κ3) is 3.91. The minimum absolute atomic E-state index is 0.0150. The fourth-order valence-corrected chi connectivity index (χ4v) is 2.32. The van der Waals surface area contributed by atoms with Gasteiger partial charge in [0.2, 0.25) is 0 Å². The van der Waals surface area contributed by atoms with Gasteiger partial charge in [0.15, 0.2) is 0 Å². The van der Waals surface area contributed by atoms with Gasteiger partial charge in [0, 0.05) is 6.04 Å². The summed E-state index contributed by atoms with van der Waals surface area (Å²) in [4.78, 5) is 25.1. The van der Waals surface area contributed by atoms with E-state index in [1.165, 1.54) is 12.1 Å². The molecule has 7 heteroatoms. The summed E-state index contributed by atoms with van der Waals surface area (Å²) in [6.07, 6.45) is 1.62. The minimum atomic E-state index is -1.29. The molecular formula is C14H18FN3O3. The highest BCUT2D eigenvalue weighted by Gasteiger charge is 2.21. The van der Waals surface area contributed by atoms with Crippen molar-refractivity contribution in [2.24, 2.45) is 0 Å². The molecule has 0 unspecified atom stereocenters. The Kier molecular flexibility index (Phi) is 4.74. The highest BCUT2D eigenvalue weighted by Crippen LogP contribution is 2.20. The fraction of sp³-hybridized carbons (Fsp3) is 0.429. The van der Waals surface area contributed by atoms with Crippen molar-refractivity contribution >= 4 is 17.7 Å². The number of benzene rings is 1. The number of aromatic carboxylic acids is 1. The van der Waals surface area contributed by atoms with Gasteiger partial charge in [-0.3, -0.25) is 0 Å². The molecule has 0 atom stereocenters. The maximum Gasteiger partial charge on any atom is 0.337 e. The molecule has 1 heterocycles. The lowest BCUT2D eigenvalue weighted by Crippen LogP contribution is -2.45. The number of carboxylic acid groups (broad SMARTS) is 1. The number of piperidine rings is 1. The maximum atomic E-state index is 13.7. The van der Waals surface area contributed by atoms with Gasteiger partial charge in [0.05, 0.1) is 11.3 Å². The van der Waals surface area contributed by atoms with Crippen molar-refractivity contribution in [2.45, 2.75) is 18.9 Å². The van der Waals surface area contributed by atoms with Crippen LogP contribution in [-0.2, 0) is 0 Å². The largest absolute Gasteiger partial charge is 0.478 e. The normalized spacial score (nSPS) is 16.5. The number of carbonyl (C=O) groups is 2. The summed E-state index contributed by atoms with van der Waals surface area (Å²) in [6, 6.07) is 3.07. The number of halogens is 1. The number of para-hydroxylation sites is 1. The number of hydrogen-bond donors (Lipinski definition) is 3. The molecule has 0 saturated carbocycles. The Labute approximate surface area is 121 Å². The van der Waals surface area contributed by atoms with E-state index >= 15 is 0 Å². The monoisotopic (exact) mass is 295 g/mol. The summed E-state index contributed by atoms with van der Waals surface area (Å²) in [5.41, 5.74) is -0.580. The summed E-state index contributed by atoms with van der Waals surface area (Å²) in [6.45, 7) is 1.76. The van der Waals surface area contributed by atoms with E-state index in [1.807, 2.05) is 7.05 Å². The van der Waals surface area contributed by atoms with E-state index in [0.717, 1.165) is 32.0 Å². The Hall–Kier alpha value is -2.15. The first-order valence-electron chi connectivity index (χ1n) is 6.75. The number of likely N-dealkylation sites (tertiary alicyclic amines) is 1. The number of carboxylic acids is 1. The second-order valence-corrected chi connectivity index (χ2v) is 5.14. The molecule has 0 aromatic heterocycles. The Morgan fingerprint density at radius 1 is 1.33 bits per heavy atom. The lowest BCUT2D eigenvalue weighted by molar-refractivity contribution is 0.0697. The molecule has 1 aromatic rings. The average Bonchev–Trinajstić information content (AvgIpc) is 2.43. The number of hydrogen-bond acceptors (Lipinski definition) is 3. The first-order chi connectivity index (χ1) is 9.97. The van der Waals surface area contributed by atoms with Gasteiger partial charge in [0.1, 0.15) is 5.82 Å². The molecule has 2 amide bonds. The van der Waals surface area contributed by atoms with Gasteiger partial charge >= 0.3 is 12.0 Å². The molecule has 1 fully saturated rings. The Balaban J connectivity index is 2.01. The van der Waals surface area contributed by atoms with Crippen molar-refractivity contribution in [1.82, 2.24) is 10.2 Å². The second-order valence-electron chi connectivity index (χ2n) is 5.14. The summed E-state index contributed by atoms with van der Waals surface area (Å²) in [5.74, 6) is -2.06. The van der Waals surface area contributed by atoms with Crippen LogP contribution in [0.3, 0.4) is 0 Å². The first-order valence-corrected chi connectivity index (χ1v) is 6.75. The molecule has 1 aliphatic heterocycles. The van der Waals surface area contributed by atoms with E-state index in [4.69, 9.17) is 5.11 Å². The predicted molar refractivity (Wildman–Crippen MR) is 76.0 cm³/mol. The SMILES string of the molecule is CN1CCC(NC(=O)Nc2c(F)cccc2C(=O)O)CC1. The summed E-state index contributed by atoms with van der Waals surface area (Å²) >= 11 is 0. The van der Waals surface area contributed by atoms with Gasteiger partial charge in [-0.25, -0.2) is 14.0 Å². The van der Waals surface area contributed by atoms with Gasteiger partial charge < -0.3 is 20.6 Å². The lowest BCUT2D eigenvalue weighted by atomic mass is 10.1. The van der Waals surface area contributed by atoms with Crippen molar-refractivity contribution in [3.8, 4) is 0 Å². The minimum Gasteiger partial charge on any atom is -0.478 e. The molecule has 114 valence electrons. The van der Waals surface area contributed by atoms with Gasteiger partial charge in [0.25, 0.3) is 0 Å². The van der Waals surface area contributed by atoms with Crippen molar-refractivity contribution in [3.63, 3.8) is 0 Å². The molecule has 6 nitrogen and oxygen atoms in total. The molecule has 0 radical (unpaired) electrons. The van der Waals surface area contributed by atoms with Crippen LogP contribution in [0.25, 0.3) is 0 Å². The van der Waals surface area contributed by atoms with Crippen molar-refractivity contribution in [1.29, 1.82) is 0 Å². The molecule has 2 rings (SSSR count). The standard InChI is InChI=1S/C14H18FN3O3/c1-18-7-5-9(6-8-18)16-14(21)17-12-10(13(19)20)3-2-4-11(12)15/h2-4,9H,5-8H2,1H3,(H,19,20)(H2,16,17,21). The molecule has 3 N–H and O–H groups in total. The third-order valence-corrected chi connectivity index (χ3v) is 3.54. The molecule has 0 spiro atoms. The molecule has 0 aliphatic carbocycles. The number of anilines is 1. The van der Waals surface area contributed by atoms with Crippen LogP contribution < -0.4 is 10.6 Å². The first kappa shape index (κ1) is 15.2. The number of nitrogens with zero attached hydrogens (tertiary/aromatic N) is 1. The zero-order valence-corrected chi connectivity index (χ0v) is 11.7. The second kappa shape index (κ2) is 6.53. The maximum absolute atomic E-state index is 13.7. The summed E-state index contributed by atoms with van der Waals surface area (Å²) in [5, 5.41) is 14.1. The van der Waals surface area contributed by atoms with E-state index in [9.17, 15) is 14.0 Å². The van der Waals surface area contributed by atoms with Gasteiger partial charge in [-0.1, -0.05) is 6.07 Å². The van der Waals surface area contributed by atoms with Gasteiger partial charge in [-0.05, 0) is 45.1 Å². The number of urea groups is 1. The van der Waals surface area contributed by atoms with Crippen LogP contribution in [0.2, 0.25) is 0 Å². The van der Waals surface area contributed by atoms with E-state index < -0.39 is 17.8 Å². The highest BCUT2D eigenvalue weighted by atomic mass is 19.1. The van der Waals surface area contributed by atoms with Gasteiger partial charge in [-0.2, -0.15) is 0 Å². The predicted octanol–water partition coefficient (Wildman–Crippen LogP) is 1.74. The summed E-state index contributed by atoms with van der Waals surface area (Å²) in [7, 11) is 2.01. The van der Waals surface area contributed by atoms with E-state index in [2.05, 4.69) is 15.5 Å². The van der Waals surface area contributed by atoms with Crippen LogP contribution >= 0.6 is 0 Å². The molecule has 0 bridgehead atoms. The molecule has 21 heavy (non-hydrogen) atoms. The molecular weight excluding hydrogens is 277 g/mol.